The molecule has 1 aromatic heterocycles. The molecule has 0 aliphatic heterocycles. The van der Waals surface area contributed by atoms with Crippen LogP contribution in [0.1, 0.15) is 16.1 Å². The molecule has 0 aliphatic carbocycles. The van der Waals surface area contributed by atoms with Gasteiger partial charge in [-0.05, 0) is 12.1 Å². The first-order chi connectivity index (χ1) is 9.02. The lowest BCUT2D eigenvalue weighted by molar-refractivity contribution is 0.0589. The molecular weight excluding hydrogens is 271 g/mol. The lowest BCUT2D eigenvalue weighted by Crippen LogP contribution is -2.11. The van der Waals surface area contributed by atoms with E-state index in [1.807, 2.05) is 0 Å². The zero-order chi connectivity index (χ0) is 14.0. The van der Waals surface area contributed by atoms with E-state index in [9.17, 15) is 9.18 Å². The molecule has 0 amide bonds. The highest BCUT2D eigenvalue weighted by Gasteiger charge is 2.15. The Morgan fingerprint density at radius 2 is 2.26 bits per heavy atom. The third kappa shape index (κ3) is 2.71. The standard InChI is InChI=1S/C13H12ClFN2O2/c1-19-13(18)11-5-9(16)7-17(11)6-8-3-2-4-10(14)12(8)15/h2-5,7H,6,16H2,1H3. The lowest BCUT2D eigenvalue weighted by Gasteiger charge is -2.09. The molecule has 2 aromatic rings. The minimum atomic E-state index is -0.529. The van der Waals surface area contributed by atoms with Gasteiger partial charge in [-0.15, -0.1) is 0 Å². The average molecular weight is 283 g/mol. The Balaban J connectivity index is 2.38. The number of rotatable bonds is 3. The molecule has 0 fully saturated rings. The molecule has 1 aromatic carbocycles. The summed E-state index contributed by atoms with van der Waals surface area (Å²) >= 11 is 5.71. The Morgan fingerprint density at radius 1 is 1.53 bits per heavy atom. The number of halogens is 2. The van der Waals surface area contributed by atoms with Crippen LogP contribution in [0.3, 0.4) is 0 Å². The second kappa shape index (κ2) is 5.32. The first-order valence-corrected chi connectivity index (χ1v) is 5.87. The zero-order valence-electron chi connectivity index (χ0n) is 10.2. The molecule has 6 heteroatoms. The molecule has 2 N–H and O–H groups in total. The van der Waals surface area contributed by atoms with E-state index in [1.54, 1.807) is 18.3 Å². The third-order valence-electron chi connectivity index (χ3n) is 2.68. The van der Waals surface area contributed by atoms with Gasteiger partial charge in [0, 0.05) is 11.8 Å². The highest BCUT2D eigenvalue weighted by atomic mass is 35.5. The molecule has 19 heavy (non-hydrogen) atoms. The van der Waals surface area contributed by atoms with E-state index in [1.165, 1.54) is 23.8 Å². The molecule has 0 saturated carbocycles. The molecule has 2 rings (SSSR count). The van der Waals surface area contributed by atoms with Gasteiger partial charge in [0.15, 0.2) is 0 Å². The summed E-state index contributed by atoms with van der Waals surface area (Å²) in [6.45, 7) is 0.147. The van der Waals surface area contributed by atoms with Crippen molar-refractivity contribution in [2.75, 3.05) is 12.8 Å². The maximum absolute atomic E-state index is 13.8. The number of nitrogen functional groups attached to an aromatic ring is 1. The van der Waals surface area contributed by atoms with Crippen LogP contribution in [-0.2, 0) is 11.3 Å². The predicted octanol–water partition coefficient (Wildman–Crippen LogP) is 2.70. The minimum absolute atomic E-state index is 0.0391. The van der Waals surface area contributed by atoms with Crippen LogP contribution in [0.4, 0.5) is 10.1 Å². The van der Waals surface area contributed by atoms with Crippen LogP contribution in [0.15, 0.2) is 30.5 Å². The second-order valence-electron chi connectivity index (χ2n) is 3.99. The number of anilines is 1. The summed E-state index contributed by atoms with van der Waals surface area (Å²) in [5.74, 6) is -1.04. The number of hydrogen-bond donors (Lipinski definition) is 1. The fraction of sp³-hybridized carbons (Fsp3) is 0.154. The smallest absolute Gasteiger partial charge is 0.354 e. The van der Waals surface area contributed by atoms with Crippen LogP contribution in [-0.4, -0.2) is 17.6 Å². The largest absolute Gasteiger partial charge is 0.464 e. The van der Waals surface area contributed by atoms with E-state index in [-0.39, 0.29) is 17.3 Å². The van der Waals surface area contributed by atoms with Crippen LogP contribution in [0.25, 0.3) is 0 Å². The summed E-state index contributed by atoms with van der Waals surface area (Å²) in [6, 6.07) is 6.18. The van der Waals surface area contributed by atoms with Gasteiger partial charge in [-0.2, -0.15) is 0 Å². The van der Waals surface area contributed by atoms with Gasteiger partial charge in [-0.1, -0.05) is 23.7 Å². The van der Waals surface area contributed by atoms with Crippen molar-refractivity contribution < 1.29 is 13.9 Å². The molecule has 0 saturated heterocycles. The summed E-state index contributed by atoms with van der Waals surface area (Å²) in [5, 5.41) is 0.0391. The number of carbonyl (C=O) groups is 1. The van der Waals surface area contributed by atoms with Gasteiger partial charge in [0.25, 0.3) is 0 Å². The van der Waals surface area contributed by atoms with Crippen molar-refractivity contribution >= 4 is 23.3 Å². The minimum Gasteiger partial charge on any atom is -0.464 e. The van der Waals surface area contributed by atoms with Crippen LogP contribution in [0.2, 0.25) is 5.02 Å². The first kappa shape index (κ1) is 13.4. The normalized spacial score (nSPS) is 10.5. The Labute approximate surface area is 114 Å². The van der Waals surface area contributed by atoms with Crippen LogP contribution in [0, 0.1) is 5.82 Å². The number of benzene rings is 1. The number of aromatic nitrogens is 1. The Hall–Kier alpha value is -2.01. The van der Waals surface area contributed by atoms with Crippen LogP contribution < -0.4 is 5.73 Å². The topological polar surface area (TPSA) is 57.2 Å². The van der Waals surface area contributed by atoms with E-state index in [2.05, 4.69) is 4.74 Å². The molecule has 4 nitrogen and oxygen atoms in total. The van der Waals surface area contributed by atoms with Crippen molar-refractivity contribution in [3.63, 3.8) is 0 Å². The van der Waals surface area contributed by atoms with E-state index in [0.29, 0.717) is 11.3 Å². The summed E-state index contributed by atoms with van der Waals surface area (Å²) < 4.78 is 20.0. The Kier molecular flexibility index (Phi) is 3.76. The molecule has 0 aliphatic rings. The predicted molar refractivity (Wildman–Crippen MR) is 70.7 cm³/mol. The van der Waals surface area contributed by atoms with Crippen molar-refractivity contribution in [2.45, 2.75) is 6.54 Å². The van der Waals surface area contributed by atoms with E-state index >= 15 is 0 Å². The van der Waals surface area contributed by atoms with Gasteiger partial charge in [-0.25, -0.2) is 9.18 Å². The number of carbonyl (C=O) groups excluding carboxylic acids is 1. The maximum atomic E-state index is 13.8. The quantitative estimate of drug-likeness (QED) is 0.881. The Morgan fingerprint density at radius 3 is 2.95 bits per heavy atom. The number of nitrogens with zero attached hydrogens (tertiary/aromatic N) is 1. The van der Waals surface area contributed by atoms with Crippen molar-refractivity contribution in [1.82, 2.24) is 4.57 Å². The summed E-state index contributed by atoms with van der Waals surface area (Å²) in [7, 11) is 1.27. The highest BCUT2D eigenvalue weighted by molar-refractivity contribution is 6.30. The van der Waals surface area contributed by atoms with Gasteiger partial charge in [0.2, 0.25) is 0 Å². The molecule has 0 spiro atoms. The van der Waals surface area contributed by atoms with Crippen LogP contribution >= 0.6 is 11.6 Å². The van der Waals surface area contributed by atoms with Gasteiger partial charge >= 0.3 is 5.97 Å². The SMILES string of the molecule is COC(=O)c1cc(N)cn1Cc1cccc(Cl)c1F. The summed E-state index contributed by atoms with van der Waals surface area (Å²) in [5.41, 5.74) is 6.68. The third-order valence-corrected chi connectivity index (χ3v) is 2.98. The van der Waals surface area contributed by atoms with E-state index in [0.717, 1.165) is 0 Å². The van der Waals surface area contributed by atoms with Crippen molar-refractivity contribution in [3.05, 3.63) is 52.6 Å². The molecule has 0 radical (unpaired) electrons. The van der Waals surface area contributed by atoms with Crippen molar-refractivity contribution in [3.8, 4) is 0 Å². The van der Waals surface area contributed by atoms with Crippen molar-refractivity contribution in [2.24, 2.45) is 0 Å². The number of esters is 1. The lowest BCUT2D eigenvalue weighted by atomic mass is 10.2. The fourth-order valence-electron chi connectivity index (χ4n) is 1.79. The van der Waals surface area contributed by atoms with Gasteiger partial charge in [0.1, 0.15) is 11.5 Å². The molecular formula is C13H12ClFN2O2. The fourth-order valence-corrected chi connectivity index (χ4v) is 1.99. The average Bonchev–Trinajstić information content (AvgIpc) is 2.75. The molecule has 100 valence electrons. The number of methoxy groups -OCH3 is 1. The van der Waals surface area contributed by atoms with Gasteiger partial charge < -0.3 is 15.0 Å². The molecule has 0 unspecified atom stereocenters. The Bertz CT molecular complexity index is 625. The molecule has 0 atom stereocenters. The van der Waals surface area contributed by atoms with E-state index in [4.69, 9.17) is 17.3 Å². The monoisotopic (exact) mass is 282 g/mol. The summed E-state index contributed by atoms with van der Waals surface area (Å²) in [6.07, 6.45) is 1.55. The van der Waals surface area contributed by atoms with Crippen molar-refractivity contribution in [1.29, 1.82) is 0 Å². The number of nitrogens with two attached hydrogens (primary N) is 1. The van der Waals surface area contributed by atoms with E-state index < -0.39 is 11.8 Å². The molecule has 0 bridgehead atoms. The zero-order valence-corrected chi connectivity index (χ0v) is 10.9. The van der Waals surface area contributed by atoms with Gasteiger partial charge in [0.05, 0.1) is 24.4 Å². The van der Waals surface area contributed by atoms with Crippen LogP contribution in [0.5, 0.6) is 0 Å². The number of hydrogen-bond acceptors (Lipinski definition) is 3. The van der Waals surface area contributed by atoms with Gasteiger partial charge in [-0.3, -0.25) is 0 Å². The maximum Gasteiger partial charge on any atom is 0.354 e. The first-order valence-electron chi connectivity index (χ1n) is 5.49. The highest BCUT2D eigenvalue weighted by Crippen LogP contribution is 2.20. The molecule has 1 heterocycles. The second-order valence-corrected chi connectivity index (χ2v) is 4.40. The summed E-state index contributed by atoms with van der Waals surface area (Å²) in [4.78, 5) is 11.6. The number of ether oxygens (including phenoxy) is 1.